The summed E-state index contributed by atoms with van der Waals surface area (Å²) in [6.45, 7) is 1.46. The van der Waals surface area contributed by atoms with E-state index in [1.807, 2.05) is 0 Å². The van der Waals surface area contributed by atoms with Crippen LogP contribution in [0.5, 0.6) is 0 Å². The average Bonchev–Trinajstić information content (AvgIpc) is 2.39. The number of anilines is 1. The zero-order valence-electron chi connectivity index (χ0n) is 10.6. The fourth-order valence-corrected chi connectivity index (χ4v) is 1.25. The van der Waals surface area contributed by atoms with Crippen molar-refractivity contribution < 1.29 is 27.8 Å². The smallest absolute Gasteiger partial charge is 0.340 e. The third-order valence-corrected chi connectivity index (χ3v) is 2.44. The second-order valence-corrected chi connectivity index (χ2v) is 3.67. The van der Waals surface area contributed by atoms with Crippen molar-refractivity contribution >= 4 is 17.6 Å². The van der Waals surface area contributed by atoms with Crippen molar-refractivity contribution in [1.82, 2.24) is 0 Å². The van der Waals surface area contributed by atoms with Gasteiger partial charge in [-0.15, -0.1) is 0 Å². The molecule has 5 nitrogen and oxygen atoms in total. The Balaban J connectivity index is 3.08. The molecule has 1 N–H and O–H groups in total. The molecule has 1 atom stereocenters. The van der Waals surface area contributed by atoms with E-state index in [-0.39, 0.29) is 5.69 Å². The lowest BCUT2D eigenvalue weighted by Gasteiger charge is -2.12. The summed E-state index contributed by atoms with van der Waals surface area (Å²) in [5.41, 5.74) is -0.792. The summed E-state index contributed by atoms with van der Waals surface area (Å²) in [5, 5.41) is 2.19. The predicted octanol–water partition coefficient (Wildman–Crippen LogP) is 1.72. The van der Waals surface area contributed by atoms with Gasteiger partial charge in [0.05, 0.1) is 18.4 Å². The van der Waals surface area contributed by atoms with Crippen molar-refractivity contribution in [3.8, 4) is 0 Å². The maximum absolute atomic E-state index is 13.5. The number of carbonyl (C=O) groups excluding carboxylic acids is 2. The number of methoxy groups -OCH3 is 2. The van der Waals surface area contributed by atoms with Gasteiger partial charge in [0.1, 0.15) is 17.7 Å². The minimum atomic E-state index is -1.07. The second kappa shape index (κ2) is 6.24. The van der Waals surface area contributed by atoms with Crippen LogP contribution in [0.25, 0.3) is 0 Å². The molecule has 104 valence electrons. The standard InChI is InChI=1S/C12H13F2NO4/c1-6(18-2)11(16)15-10-4-7(12(17)19-3)8(13)5-9(10)14/h4-6H,1-3H3,(H,15,16). The van der Waals surface area contributed by atoms with Crippen molar-refractivity contribution in [2.24, 2.45) is 0 Å². The van der Waals surface area contributed by atoms with E-state index in [1.165, 1.54) is 14.0 Å². The Hall–Kier alpha value is -2.02. The molecule has 0 fully saturated rings. The largest absolute Gasteiger partial charge is 0.465 e. The van der Waals surface area contributed by atoms with Crippen molar-refractivity contribution in [3.63, 3.8) is 0 Å². The fraction of sp³-hybridized carbons (Fsp3) is 0.333. The van der Waals surface area contributed by atoms with Crippen molar-refractivity contribution in [3.05, 3.63) is 29.3 Å². The van der Waals surface area contributed by atoms with Crippen LogP contribution >= 0.6 is 0 Å². The Kier molecular flexibility index (Phi) is 4.94. The van der Waals surface area contributed by atoms with Gasteiger partial charge in [0.2, 0.25) is 0 Å². The molecule has 1 unspecified atom stereocenters. The van der Waals surface area contributed by atoms with Crippen molar-refractivity contribution in [2.75, 3.05) is 19.5 Å². The number of amides is 1. The molecule has 19 heavy (non-hydrogen) atoms. The van der Waals surface area contributed by atoms with E-state index in [0.717, 1.165) is 13.2 Å². The first-order valence-electron chi connectivity index (χ1n) is 5.31. The number of benzene rings is 1. The minimum Gasteiger partial charge on any atom is -0.465 e. The summed E-state index contributed by atoms with van der Waals surface area (Å²) in [5.74, 6) is -3.65. The quantitative estimate of drug-likeness (QED) is 0.848. The number of hydrogen-bond donors (Lipinski definition) is 1. The van der Waals surface area contributed by atoms with Gasteiger partial charge in [-0.25, -0.2) is 13.6 Å². The molecule has 1 amide bonds. The topological polar surface area (TPSA) is 64.6 Å². The first kappa shape index (κ1) is 15.0. The Labute approximate surface area is 108 Å². The van der Waals surface area contributed by atoms with E-state index in [0.29, 0.717) is 6.07 Å². The van der Waals surface area contributed by atoms with Crippen LogP contribution in [0.3, 0.4) is 0 Å². The van der Waals surface area contributed by atoms with E-state index in [2.05, 4.69) is 10.1 Å². The molecule has 0 saturated heterocycles. The molecule has 0 spiro atoms. The highest BCUT2D eigenvalue weighted by molar-refractivity contribution is 5.96. The highest BCUT2D eigenvalue weighted by atomic mass is 19.1. The maximum Gasteiger partial charge on any atom is 0.340 e. The van der Waals surface area contributed by atoms with Gasteiger partial charge in [-0.3, -0.25) is 4.79 Å². The van der Waals surface area contributed by atoms with E-state index in [9.17, 15) is 18.4 Å². The third-order valence-electron chi connectivity index (χ3n) is 2.44. The zero-order chi connectivity index (χ0) is 14.6. The Morgan fingerprint density at radius 2 is 1.84 bits per heavy atom. The normalized spacial score (nSPS) is 11.8. The molecule has 0 aliphatic heterocycles. The van der Waals surface area contributed by atoms with Crippen LogP contribution in [0, 0.1) is 11.6 Å². The maximum atomic E-state index is 13.5. The minimum absolute atomic E-state index is 0.323. The molecule has 1 rings (SSSR count). The van der Waals surface area contributed by atoms with Gasteiger partial charge in [-0.05, 0) is 13.0 Å². The monoisotopic (exact) mass is 273 g/mol. The second-order valence-electron chi connectivity index (χ2n) is 3.67. The van der Waals surface area contributed by atoms with Crippen LogP contribution in [-0.4, -0.2) is 32.2 Å². The van der Waals surface area contributed by atoms with Crippen LogP contribution in [0.2, 0.25) is 0 Å². The van der Waals surface area contributed by atoms with Gasteiger partial charge in [0.25, 0.3) is 5.91 Å². The molecule has 0 aromatic heterocycles. The molecule has 7 heteroatoms. The van der Waals surface area contributed by atoms with E-state index in [1.54, 1.807) is 0 Å². The number of nitrogens with one attached hydrogen (secondary N) is 1. The van der Waals surface area contributed by atoms with E-state index in [4.69, 9.17) is 4.74 Å². The summed E-state index contributed by atoms with van der Waals surface area (Å²) in [4.78, 5) is 22.8. The molecular weight excluding hydrogens is 260 g/mol. The van der Waals surface area contributed by atoms with Gasteiger partial charge in [-0.1, -0.05) is 0 Å². The van der Waals surface area contributed by atoms with Crippen LogP contribution in [0.4, 0.5) is 14.5 Å². The van der Waals surface area contributed by atoms with Gasteiger partial charge < -0.3 is 14.8 Å². The zero-order valence-corrected chi connectivity index (χ0v) is 10.6. The first-order valence-corrected chi connectivity index (χ1v) is 5.31. The van der Waals surface area contributed by atoms with Crippen LogP contribution in [0.1, 0.15) is 17.3 Å². The van der Waals surface area contributed by atoms with Crippen LogP contribution in [-0.2, 0) is 14.3 Å². The van der Waals surface area contributed by atoms with Gasteiger partial charge in [0, 0.05) is 13.2 Å². The van der Waals surface area contributed by atoms with Gasteiger partial charge in [0.15, 0.2) is 0 Å². The van der Waals surface area contributed by atoms with E-state index >= 15 is 0 Å². The molecule has 1 aromatic rings. The van der Waals surface area contributed by atoms with Gasteiger partial charge >= 0.3 is 5.97 Å². The lowest BCUT2D eigenvalue weighted by atomic mass is 10.1. The summed E-state index contributed by atoms with van der Waals surface area (Å²) < 4.78 is 35.9. The number of esters is 1. The van der Waals surface area contributed by atoms with Gasteiger partial charge in [-0.2, -0.15) is 0 Å². The number of hydrogen-bond acceptors (Lipinski definition) is 4. The number of rotatable bonds is 4. The summed E-state index contributed by atoms with van der Waals surface area (Å²) in [6, 6.07) is 1.37. The molecular formula is C12H13F2NO4. The molecule has 0 heterocycles. The van der Waals surface area contributed by atoms with Crippen LogP contribution in [0.15, 0.2) is 12.1 Å². The SMILES string of the molecule is COC(=O)c1cc(NC(=O)C(C)OC)c(F)cc1F. The number of carbonyl (C=O) groups is 2. The summed E-state index contributed by atoms with van der Waals surface area (Å²) in [6.07, 6.45) is -0.814. The average molecular weight is 273 g/mol. The molecule has 0 aliphatic rings. The molecule has 1 aromatic carbocycles. The Morgan fingerprint density at radius 1 is 1.21 bits per heavy atom. The van der Waals surface area contributed by atoms with Crippen molar-refractivity contribution in [2.45, 2.75) is 13.0 Å². The Morgan fingerprint density at radius 3 is 2.37 bits per heavy atom. The number of ether oxygens (including phenoxy) is 2. The lowest BCUT2D eigenvalue weighted by molar-refractivity contribution is -0.124. The van der Waals surface area contributed by atoms with Crippen molar-refractivity contribution in [1.29, 1.82) is 0 Å². The van der Waals surface area contributed by atoms with Crippen LogP contribution < -0.4 is 5.32 Å². The predicted molar refractivity (Wildman–Crippen MR) is 62.8 cm³/mol. The third kappa shape index (κ3) is 3.47. The number of halogens is 2. The summed E-state index contributed by atoms with van der Waals surface area (Å²) >= 11 is 0. The molecule has 0 aliphatic carbocycles. The first-order chi connectivity index (χ1) is 8.90. The molecule has 0 radical (unpaired) electrons. The summed E-state index contributed by atoms with van der Waals surface area (Å²) in [7, 11) is 2.38. The molecule has 0 saturated carbocycles. The Bertz CT molecular complexity index is 505. The highest BCUT2D eigenvalue weighted by Crippen LogP contribution is 2.20. The fourth-order valence-electron chi connectivity index (χ4n) is 1.25. The van der Waals surface area contributed by atoms with E-state index < -0.39 is 35.2 Å². The molecule has 0 bridgehead atoms. The highest BCUT2D eigenvalue weighted by Gasteiger charge is 2.19. The lowest BCUT2D eigenvalue weighted by Crippen LogP contribution is -2.27.